The molecule has 0 saturated heterocycles. The number of carbonyl (C=O) groups is 1. The summed E-state index contributed by atoms with van der Waals surface area (Å²) in [6.45, 7) is 1.27. The molecule has 130 valence electrons. The Balaban J connectivity index is 1.44. The van der Waals surface area contributed by atoms with Gasteiger partial charge in [0.05, 0.1) is 5.56 Å². The zero-order valence-electron chi connectivity index (χ0n) is 14.2. The molecule has 25 heavy (non-hydrogen) atoms. The topological polar surface area (TPSA) is 79.8 Å². The van der Waals surface area contributed by atoms with Crippen molar-refractivity contribution >= 4 is 11.9 Å². The van der Waals surface area contributed by atoms with E-state index in [9.17, 15) is 4.79 Å². The van der Waals surface area contributed by atoms with Gasteiger partial charge in [0.15, 0.2) is 0 Å². The quantitative estimate of drug-likeness (QED) is 0.759. The Morgan fingerprint density at radius 3 is 2.64 bits per heavy atom. The molecule has 2 aromatic heterocycles. The predicted molar refractivity (Wildman–Crippen MR) is 97.1 cm³/mol. The molecule has 0 fully saturated rings. The van der Waals surface area contributed by atoms with Crippen LogP contribution in [0.1, 0.15) is 48.0 Å². The normalized spacial score (nSPS) is 13.8. The molecule has 1 amide bonds. The third-order valence-corrected chi connectivity index (χ3v) is 4.23. The van der Waals surface area contributed by atoms with Gasteiger partial charge in [-0.15, -0.1) is 0 Å². The number of carbonyl (C=O) groups excluding carboxylic acids is 1. The molecule has 1 aliphatic carbocycles. The highest BCUT2D eigenvalue weighted by molar-refractivity contribution is 5.93. The molecule has 0 aromatic carbocycles. The van der Waals surface area contributed by atoms with Crippen molar-refractivity contribution in [1.82, 2.24) is 20.3 Å². The van der Waals surface area contributed by atoms with Crippen LogP contribution in [0.5, 0.6) is 0 Å². The number of amides is 1. The lowest BCUT2D eigenvalue weighted by atomic mass is 9.97. The summed E-state index contributed by atoms with van der Waals surface area (Å²) in [6.07, 6.45) is 14.9. The second kappa shape index (κ2) is 8.92. The van der Waals surface area contributed by atoms with E-state index in [-0.39, 0.29) is 5.91 Å². The lowest BCUT2D eigenvalue weighted by Gasteiger charge is -2.12. The molecule has 0 radical (unpaired) electrons. The standard InChI is InChI=1S/C19H23N5O/c25-18(22-12-16-6-9-20-10-7-16)17-13-23-19(24-14-17)21-11-8-15-4-2-1-3-5-15/h4,6-7,9-10,13-14H,1-3,5,8,11-12H2,(H,22,25)(H,21,23,24). The van der Waals surface area contributed by atoms with Crippen LogP contribution in [0.15, 0.2) is 48.6 Å². The van der Waals surface area contributed by atoms with Gasteiger partial charge >= 0.3 is 0 Å². The summed E-state index contributed by atoms with van der Waals surface area (Å²) in [4.78, 5) is 24.5. The fraction of sp³-hybridized carbons (Fsp3) is 0.368. The van der Waals surface area contributed by atoms with Gasteiger partial charge < -0.3 is 10.6 Å². The highest BCUT2D eigenvalue weighted by Gasteiger charge is 2.07. The van der Waals surface area contributed by atoms with E-state index >= 15 is 0 Å². The fourth-order valence-electron chi connectivity index (χ4n) is 2.79. The van der Waals surface area contributed by atoms with Crippen LogP contribution in [0.3, 0.4) is 0 Å². The molecular weight excluding hydrogens is 314 g/mol. The van der Waals surface area contributed by atoms with E-state index in [4.69, 9.17) is 0 Å². The second-order valence-corrected chi connectivity index (χ2v) is 6.12. The Kier molecular flexibility index (Phi) is 6.09. The molecule has 0 spiro atoms. The highest BCUT2D eigenvalue weighted by Crippen LogP contribution is 2.19. The first-order chi connectivity index (χ1) is 12.3. The summed E-state index contributed by atoms with van der Waals surface area (Å²) >= 11 is 0. The van der Waals surface area contributed by atoms with Crippen LogP contribution < -0.4 is 10.6 Å². The van der Waals surface area contributed by atoms with Gasteiger partial charge in [0, 0.05) is 37.9 Å². The third-order valence-electron chi connectivity index (χ3n) is 4.23. The molecule has 2 N–H and O–H groups in total. The van der Waals surface area contributed by atoms with E-state index in [1.165, 1.54) is 31.3 Å². The smallest absolute Gasteiger partial charge is 0.254 e. The third kappa shape index (κ3) is 5.38. The Morgan fingerprint density at radius 2 is 1.92 bits per heavy atom. The van der Waals surface area contributed by atoms with Gasteiger partial charge in [-0.05, 0) is 49.8 Å². The van der Waals surface area contributed by atoms with E-state index in [2.05, 4.69) is 31.7 Å². The number of nitrogens with zero attached hydrogens (tertiary/aromatic N) is 3. The van der Waals surface area contributed by atoms with Gasteiger partial charge in [-0.2, -0.15) is 0 Å². The van der Waals surface area contributed by atoms with Gasteiger partial charge in [-0.1, -0.05) is 11.6 Å². The molecule has 2 aromatic rings. The van der Waals surface area contributed by atoms with Crippen LogP contribution in [-0.2, 0) is 6.54 Å². The zero-order chi connectivity index (χ0) is 17.3. The minimum atomic E-state index is -0.185. The summed E-state index contributed by atoms with van der Waals surface area (Å²) in [6, 6.07) is 3.73. The van der Waals surface area contributed by atoms with E-state index in [1.54, 1.807) is 24.8 Å². The first-order valence-electron chi connectivity index (χ1n) is 8.72. The first kappa shape index (κ1) is 17.1. The SMILES string of the molecule is O=C(NCc1ccncc1)c1cnc(NCCC2=CCCCC2)nc1. The van der Waals surface area contributed by atoms with Gasteiger partial charge in [0.2, 0.25) is 5.95 Å². The van der Waals surface area contributed by atoms with Crippen molar-refractivity contribution in [2.45, 2.75) is 38.6 Å². The van der Waals surface area contributed by atoms with Crippen molar-refractivity contribution < 1.29 is 4.79 Å². The Bertz CT molecular complexity index is 712. The number of hydrogen-bond acceptors (Lipinski definition) is 5. The number of rotatable bonds is 7. The van der Waals surface area contributed by atoms with Crippen molar-refractivity contribution in [2.75, 3.05) is 11.9 Å². The van der Waals surface area contributed by atoms with E-state index < -0.39 is 0 Å². The van der Waals surface area contributed by atoms with Gasteiger partial charge in [-0.25, -0.2) is 9.97 Å². The molecule has 6 heteroatoms. The average molecular weight is 337 g/mol. The Labute approximate surface area is 147 Å². The monoisotopic (exact) mass is 337 g/mol. The van der Waals surface area contributed by atoms with Gasteiger partial charge in [0.1, 0.15) is 0 Å². The zero-order valence-corrected chi connectivity index (χ0v) is 14.2. The molecule has 1 aliphatic rings. The molecule has 0 aliphatic heterocycles. The number of nitrogens with one attached hydrogen (secondary N) is 2. The van der Waals surface area contributed by atoms with Crippen molar-refractivity contribution in [3.63, 3.8) is 0 Å². The van der Waals surface area contributed by atoms with Crippen molar-refractivity contribution in [2.24, 2.45) is 0 Å². The largest absolute Gasteiger partial charge is 0.354 e. The van der Waals surface area contributed by atoms with E-state index in [0.29, 0.717) is 18.1 Å². The summed E-state index contributed by atoms with van der Waals surface area (Å²) < 4.78 is 0. The van der Waals surface area contributed by atoms with E-state index in [0.717, 1.165) is 18.5 Å². The predicted octanol–water partition coefficient (Wildman–Crippen LogP) is 3.10. The van der Waals surface area contributed by atoms with Crippen LogP contribution >= 0.6 is 0 Å². The van der Waals surface area contributed by atoms with Crippen LogP contribution in [-0.4, -0.2) is 27.4 Å². The Hall–Kier alpha value is -2.76. The number of hydrogen-bond donors (Lipinski definition) is 2. The van der Waals surface area contributed by atoms with Crippen LogP contribution in [0.2, 0.25) is 0 Å². The molecule has 0 atom stereocenters. The van der Waals surface area contributed by atoms with Crippen molar-refractivity contribution in [3.05, 3.63) is 59.7 Å². The molecule has 0 saturated carbocycles. The molecule has 2 heterocycles. The highest BCUT2D eigenvalue weighted by atomic mass is 16.1. The molecule has 6 nitrogen and oxygen atoms in total. The first-order valence-corrected chi connectivity index (χ1v) is 8.72. The summed E-state index contributed by atoms with van der Waals surface area (Å²) in [5.74, 6) is 0.373. The summed E-state index contributed by atoms with van der Waals surface area (Å²) in [5.41, 5.74) is 2.97. The lowest BCUT2D eigenvalue weighted by molar-refractivity contribution is 0.0950. The van der Waals surface area contributed by atoms with Crippen LogP contribution in [0.4, 0.5) is 5.95 Å². The summed E-state index contributed by atoms with van der Waals surface area (Å²) in [5, 5.41) is 6.06. The van der Waals surface area contributed by atoms with Crippen LogP contribution in [0.25, 0.3) is 0 Å². The maximum absolute atomic E-state index is 12.1. The molecular formula is C19H23N5O. The molecule has 0 unspecified atom stereocenters. The maximum Gasteiger partial charge on any atom is 0.254 e. The Morgan fingerprint density at radius 1 is 1.12 bits per heavy atom. The van der Waals surface area contributed by atoms with Crippen molar-refractivity contribution in [1.29, 1.82) is 0 Å². The minimum absolute atomic E-state index is 0.185. The number of pyridine rings is 1. The van der Waals surface area contributed by atoms with Crippen molar-refractivity contribution in [3.8, 4) is 0 Å². The second-order valence-electron chi connectivity index (χ2n) is 6.12. The number of aromatic nitrogens is 3. The fourth-order valence-corrected chi connectivity index (χ4v) is 2.79. The van der Waals surface area contributed by atoms with Crippen LogP contribution in [0, 0.1) is 0 Å². The lowest BCUT2D eigenvalue weighted by Crippen LogP contribution is -2.23. The summed E-state index contributed by atoms with van der Waals surface area (Å²) in [7, 11) is 0. The van der Waals surface area contributed by atoms with Gasteiger partial charge in [-0.3, -0.25) is 9.78 Å². The molecule has 0 bridgehead atoms. The minimum Gasteiger partial charge on any atom is -0.354 e. The van der Waals surface area contributed by atoms with E-state index in [1.807, 2.05) is 12.1 Å². The van der Waals surface area contributed by atoms with Gasteiger partial charge in [0.25, 0.3) is 5.91 Å². The number of anilines is 1. The number of allylic oxidation sites excluding steroid dienone is 1. The average Bonchev–Trinajstić information content (AvgIpc) is 2.68. The molecule has 3 rings (SSSR count). The maximum atomic E-state index is 12.1.